The first-order valence-electron chi connectivity index (χ1n) is 4.97. The molecule has 0 aromatic carbocycles. The normalized spacial score (nSPS) is 12.3. The molecular formula is C10H19ClN2O3S. The summed E-state index contributed by atoms with van der Waals surface area (Å²) in [5.41, 5.74) is 5.13. The summed E-state index contributed by atoms with van der Waals surface area (Å²) >= 11 is 0. The zero-order chi connectivity index (χ0) is 12.6. The zero-order valence-electron chi connectivity index (χ0n) is 10.4. The Labute approximate surface area is 108 Å². The van der Waals surface area contributed by atoms with Crippen molar-refractivity contribution in [3.63, 3.8) is 0 Å². The third kappa shape index (κ3) is 4.67. The van der Waals surface area contributed by atoms with Crippen molar-refractivity contribution in [2.75, 3.05) is 6.54 Å². The maximum atomic E-state index is 11.9. The molecule has 0 aliphatic heterocycles. The average molecular weight is 283 g/mol. The molecule has 0 saturated carbocycles. The van der Waals surface area contributed by atoms with Crippen molar-refractivity contribution < 1.29 is 12.8 Å². The lowest BCUT2D eigenvalue weighted by Gasteiger charge is -2.18. The largest absolute Gasteiger partial charge is 0.465 e. The molecule has 5 nitrogen and oxygen atoms in total. The minimum atomic E-state index is -3.53. The third-order valence-corrected chi connectivity index (χ3v) is 3.51. The van der Waals surface area contributed by atoms with E-state index in [0.29, 0.717) is 11.5 Å². The Kier molecular flexibility index (Phi) is 5.21. The van der Waals surface area contributed by atoms with Crippen molar-refractivity contribution in [3.05, 3.63) is 17.6 Å². The molecule has 3 N–H and O–H groups in total. The van der Waals surface area contributed by atoms with Gasteiger partial charge in [-0.25, -0.2) is 13.1 Å². The van der Waals surface area contributed by atoms with Crippen molar-refractivity contribution in [2.45, 2.75) is 38.1 Å². The van der Waals surface area contributed by atoms with Crippen molar-refractivity contribution in [1.82, 2.24) is 4.72 Å². The van der Waals surface area contributed by atoms with Crippen LogP contribution in [0.15, 0.2) is 15.4 Å². The second-order valence-electron chi connectivity index (χ2n) is 4.59. The summed E-state index contributed by atoms with van der Waals surface area (Å²) in [5, 5.41) is 0. The molecule has 0 amide bonds. The summed E-state index contributed by atoms with van der Waals surface area (Å²) in [4.78, 5) is 0.175. The maximum absolute atomic E-state index is 11.9. The first-order chi connectivity index (χ1) is 7.12. The Bertz CT molecular complexity index is 474. The lowest BCUT2D eigenvalue weighted by molar-refractivity contribution is 0.487. The third-order valence-electron chi connectivity index (χ3n) is 2.00. The van der Waals surface area contributed by atoms with Gasteiger partial charge in [-0.2, -0.15) is 0 Å². The Morgan fingerprint density at radius 1 is 1.41 bits per heavy atom. The fourth-order valence-corrected chi connectivity index (χ4v) is 2.69. The minimum absolute atomic E-state index is 0. The molecule has 0 saturated heterocycles. The van der Waals surface area contributed by atoms with Crippen LogP contribution < -0.4 is 10.5 Å². The topological polar surface area (TPSA) is 85.3 Å². The molecule has 7 heteroatoms. The molecule has 100 valence electrons. The molecule has 0 atom stereocenters. The average Bonchev–Trinajstić information content (AvgIpc) is 2.42. The van der Waals surface area contributed by atoms with Gasteiger partial charge in [-0.15, -0.1) is 12.4 Å². The maximum Gasteiger partial charge on any atom is 0.244 e. The number of furan rings is 1. The molecule has 0 aliphatic rings. The predicted molar refractivity (Wildman–Crippen MR) is 68.9 cm³/mol. The number of aryl methyl sites for hydroxylation is 2. The lowest BCUT2D eigenvalue weighted by atomic mass is 10.1. The van der Waals surface area contributed by atoms with E-state index in [0.717, 1.165) is 0 Å². The van der Waals surface area contributed by atoms with Crippen LogP contribution in [0.2, 0.25) is 0 Å². The summed E-state index contributed by atoms with van der Waals surface area (Å²) in [6, 6.07) is 1.50. The number of hydrogen-bond acceptors (Lipinski definition) is 4. The molecule has 1 aromatic heterocycles. The van der Waals surface area contributed by atoms with E-state index >= 15 is 0 Å². The molecular weight excluding hydrogens is 264 g/mol. The molecule has 0 unspecified atom stereocenters. The van der Waals surface area contributed by atoms with Crippen LogP contribution in [0.1, 0.15) is 25.4 Å². The van der Waals surface area contributed by atoms with E-state index in [4.69, 9.17) is 10.2 Å². The number of hydrogen-bond donors (Lipinski definition) is 2. The van der Waals surface area contributed by atoms with Crippen LogP contribution in [0.5, 0.6) is 0 Å². The van der Waals surface area contributed by atoms with Gasteiger partial charge in [-0.05, 0) is 33.8 Å². The minimum Gasteiger partial charge on any atom is -0.465 e. The van der Waals surface area contributed by atoms with E-state index in [1.165, 1.54) is 6.07 Å². The predicted octanol–water partition coefficient (Wildman–Crippen LogP) is 1.33. The molecule has 1 rings (SSSR count). The Hall–Kier alpha value is -0.560. The molecule has 17 heavy (non-hydrogen) atoms. The van der Waals surface area contributed by atoms with Gasteiger partial charge in [-0.1, -0.05) is 0 Å². The van der Waals surface area contributed by atoms with Gasteiger partial charge < -0.3 is 10.2 Å². The quantitative estimate of drug-likeness (QED) is 0.872. The molecule has 1 aromatic rings. The summed E-state index contributed by atoms with van der Waals surface area (Å²) < 4.78 is 31.4. The highest BCUT2D eigenvalue weighted by atomic mass is 35.5. The van der Waals surface area contributed by atoms with Crippen LogP contribution in [-0.2, 0) is 10.0 Å². The molecule has 0 bridgehead atoms. The SMILES string of the molecule is Cc1cc(S(=O)(=O)NCC(C)(C)N)c(C)o1.Cl. The molecule has 0 aliphatic carbocycles. The van der Waals surface area contributed by atoms with Crippen molar-refractivity contribution in [1.29, 1.82) is 0 Å². The summed E-state index contributed by atoms with van der Waals surface area (Å²) in [6.45, 7) is 7.01. The van der Waals surface area contributed by atoms with Gasteiger partial charge in [0.2, 0.25) is 10.0 Å². The first kappa shape index (κ1) is 16.4. The summed E-state index contributed by atoms with van der Waals surface area (Å²) in [5.74, 6) is 0.963. The van der Waals surface area contributed by atoms with E-state index in [2.05, 4.69) is 4.72 Å². The van der Waals surface area contributed by atoms with Crippen molar-refractivity contribution in [2.24, 2.45) is 5.73 Å². The number of sulfonamides is 1. The van der Waals surface area contributed by atoms with E-state index in [9.17, 15) is 8.42 Å². The fourth-order valence-electron chi connectivity index (χ4n) is 1.23. The second-order valence-corrected chi connectivity index (χ2v) is 6.33. The second kappa shape index (κ2) is 5.39. The number of nitrogens with one attached hydrogen (secondary N) is 1. The van der Waals surface area contributed by atoms with Gasteiger partial charge in [0.25, 0.3) is 0 Å². The highest BCUT2D eigenvalue weighted by Gasteiger charge is 2.22. The lowest BCUT2D eigenvalue weighted by Crippen LogP contribution is -2.45. The van der Waals surface area contributed by atoms with Crippen molar-refractivity contribution >= 4 is 22.4 Å². The van der Waals surface area contributed by atoms with E-state index in [-0.39, 0.29) is 23.8 Å². The number of rotatable bonds is 4. The Balaban J connectivity index is 0.00000256. The van der Waals surface area contributed by atoms with Gasteiger partial charge in [0, 0.05) is 12.1 Å². The highest BCUT2D eigenvalue weighted by molar-refractivity contribution is 7.89. The molecule has 0 spiro atoms. The van der Waals surface area contributed by atoms with Gasteiger partial charge in [-0.3, -0.25) is 0 Å². The molecule has 0 radical (unpaired) electrons. The fraction of sp³-hybridized carbons (Fsp3) is 0.600. The van der Waals surface area contributed by atoms with Crippen molar-refractivity contribution in [3.8, 4) is 0 Å². The van der Waals surface area contributed by atoms with E-state index < -0.39 is 15.6 Å². The van der Waals surface area contributed by atoms with Gasteiger partial charge in [0.1, 0.15) is 16.4 Å². The summed E-state index contributed by atoms with van der Waals surface area (Å²) in [7, 11) is -3.53. The standard InChI is InChI=1S/C10H18N2O3S.ClH/c1-7-5-9(8(2)15-7)16(13,14)12-6-10(3,4)11;/h5,12H,6,11H2,1-4H3;1H. The smallest absolute Gasteiger partial charge is 0.244 e. The monoisotopic (exact) mass is 282 g/mol. The van der Waals surface area contributed by atoms with Gasteiger partial charge >= 0.3 is 0 Å². The Morgan fingerprint density at radius 2 is 1.94 bits per heavy atom. The van der Waals surface area contributed by atoms with Crippen LogP contribution in [0.3, 0.4) is 0 Å². The van der Waals surface area contributed by atoms with Crippen LogP contribution >= 0.6 is 12.4 Å². The van der Waals surface area contributed by atoms with Crippen LogP contribution in [0.4, 0.5) is 0 Å². The van der Waals surface area contributed by atoms with Crippen LogP contribution in [0, 0.1) is 13.8 Å². The number of halogens is 1. The van der Waals surface area contributed by atoms with Gasteiger partial charge in [0.05, 0.1) is 0 Å². The molecule has 0 fully saturated rings. The Morgan fingerprint density at radius 3 is 2.29 bits per heavy atom. The van der Waals surface area contributed by atoms with Crippen LogP contribution in [0.25, 0.3) is 0 Å². The van der Waals surface area contributed by atoms with E-state index in [1.54, 1.807) is 27.7 Å². The van der Waals surface area contributed by atoms with E-state index in [1.807, 2.05) is 0 Å². The van der Waals surface area contributed by atoms with Gasteiger partial charge in [0.15, 0.2) is 0 Å². The zero-order valence-corrected chi connectivity index (χ0v) is 12.0. The molecule has 1 heterocycles. The first-order valence-corrected chi connectivity index (χ1v) is 6.46. The highest BCUT2D eigenvalue weighted by Crippen LogP contribution is 2.19. The van der Waals surface area contributed by atoms with Crippen LogP contribution in [-0.4, -0.2) is 20.5 Å². The summed E-state index contributed by atoms with van der Waals surface area (Å²) in [6.07, 6.45) is 0. The number of nitrogens with two attached hydrogens (primary N) is 1.